The zero-order valence-corrected chi connectivity index (χ0v) is 14.3. The first-order valence-electron chi connectivity index (χ1n) is 7.23. The second kappa shape index (κ2) is 6.51. The normalized spacial score (nSPS) is 14.1. The van der Waals surface area contributed by atoms with Gasteiger partial charge in [-0.25, -0.2) is 4.79 Å². The number of nitrogens with one attached hydrogen (secondary N) is 1. The Morgan fingerprint density at radius 2 is 2.12 bits per heavy atom. The van der Waals surface area contributed by atoms with E-state index in [0.717, 1.165) is 0 Å². The molecule has 0 saturated carbocycles. The first kappa shape index (κ1) is 16.9. The molecular weight excluding hydrogens is 357 g/mol. The van der Waals surface area contributed by atoms with Gasteiger partial charge in [-0.15, -0.1) is 0 Å². The van der Waals surface area contributed by atoms with Gasteiger partial charge in [-0.3, -0.25) is 10.1 Å². The van der Waals surface area contributed by atoms with Gasteiger partial charge in [-0.2, -0.15) is 0 Å². The van der Waals surface area contributed by atoms with Crippen LogP contribution in [0.2, 0.25) is 10.0 Å². The van der Waals surface area contributed by atoms with E-state index >= 15 is 0 Å². The van der Waals surface area contributed by atoms with Crippen LogP contribution in [0.5, 0.6) is 0 Å². The van der Waals surface area contributed by atoms with E-state index in [1.807, 2.05) is 0 Å². The molecule has 2 heterocycles. The van der Waals surface area contributed by atoms with Gasteiger partial charge in [0.15, 0.2) is 0 Å². The summed E-state index contributed by atoms with van der Waals surface area (Å²) < 4.78 is 6.80. The van der Waals surface area contributed by atoms with Gasteiger partial charge in [0.1, 0.15) is 5.69 Å². The number of hydrogen-bond donors (Lipinski definition) is 2. The SMILES string of the molecule is COCCN1CCn2c(cc3c(NC(=O)O)cc(Cl)c(Cl)c32)C1=O. The van der Waals surface area contributed by atoms with E-state index in [0.29, 0.717) is 53.5 Å². The molecule has 0 bridgehead atoms. The van der Waals surface area contributed by atoms with Crippen LogP contribution in [-0.4, -0.2) is 53.4 Å². The number of hydrogen-bond acceptors (Lipinski definition) is 3. The van der Waals surface area contributed by atoms with Gasteiger partial charge in [-0.05, 0) is 12.1 Å². The second-order valence-electron chi connectivity index (χ2n) is 5.38. The Morgan fingerprint density at radius 3 is 2.79 bits per heavy atom. The van der Waals surface area contributed by atoms with Gasteiger partial charge in [-0.1, -0.05) is 23.2 Å². The summed E-state index contributed by atoms with van der Waals surface area (Å²) in [6, 6.07) is 3.09. The minimum absolute atomic E-state index is 0.150. The summed E-state index contributed by atoms with van der Waals surface area (Å²) in [6.07, 6.45) is -1.22. The number of amides is 2. The Morgan fingerprint density at radius 1 is 1.38 bits per heavy atom. The lowest BCUT2D eigenvalue weighted by Gasteiger charge is -2.28. The molecule has 7 nitrogen and oxygen atoms in total. The quantitative estimate of drug-likeness (QED) is 0.864. The van der Waals surface area contributed by atoms with Crippen molar-refractivity contribution in [2.24, 2.45) is 0 Å². The van der Waals surface area contributed by atoms with Crippen LogP contribution < -0.4 is 5.32 Å². The van der Waals surface area contributed by atoms with E-state index in [-0.39, 0.29) is 10.9 Å². The maximum absolute atomic E-state index is 12.7. The fraction of sp³-hybridized carbons (Fsp3) is 0.333. The van der Waals surface area contributed by atoms with E-state index < -0.39 is 6.09 Å². The molecule has 0 atom stereocenters. The number of ether oxygens (including phenoxy) is 1. The molecule has 1 aliphatic rings. The molecule has 0 spiro atoms. The average Bonchev–Trinajstić information content (AvgIpc) is 2.92. The molecular formula is C15H15Cl2N3O4. The van der Waals surface area contributed by atoms with Crippen LogP contribution in [0.1, 0.15) is 10.5 Å². The number of nitrogens with zero attached hydrogens (tertiary/aromatic N) is 2. The van der Waals surface area contributed by atoms with Crippen molar-refractivity contribution in [3.8, 4) is 0 Å². The monoisotopic (exact) mass is 371 g/mol. The smallest absolute Gasteiger partial charge is 0.409 e. The largest absolute Gasteiger partial charge is 0.465 e. The molecule has 24 heavy (non-hydrogen) atoms. The predicted octanol–water partition coefficient (Wildman–Crippen LogP) is 3.14. The van der Waals surface area contributed by atoms with Gasteiger partial charge < -0.3 is 19.3 Å². The highest BCUT2D eigenvalue weighted by Crippen LogP contribution is 2.39. The number of methoxy groups -OCH3 is 1. The third kappa shape index (κ3) is 2.79. The van der Waals surface area contributed by atoms with Gasteiger partial charge in [0.25, 0.3) is 5.91 Å². The highest BCUT2D eigenvalue weighted by molar-refractivity contribution is 6.45. The standard InChI is InChI=1S/C15H15Cl2N3O4/c1-24-5-4-19-2-3-20-11(14(19)21)6-8-10(18-15(22)23)7-9(16)12(17)13(8)20/h6-7,18H,2-5H2,1H3,(H,22,23). The Kier molecular flexibility index (Phi) is 4.58. The van der Waals surface area contributed by atoms with Gasteiger partial charge in [0.2, 0.25) is 0 Å². The Hall–Kier alpha value is -1.96. The van der Waals surface area contributed by atoms with Crippen molar-refractivity contribution >= 4 is 51.8 Å². The van der Waals surface area contributed by atoms with E-state index in [1.165, 1.54) is 6.07 Å². The molecule has 9 heteroatoms. The van der Waals surface area contributed by atoms with Crippen molar-refractivity contribution in [1.82, 2.24) is 9.47 Å². The number of rotatable bonds is 4. The van der Waals surface area contributed by atoms with Crippen molar-refractivity contribution in [3.05, 3.63) is 27.9 Å². The molecule has 0 saturated heterocycles. The van der Waals surface area contributed by atoms with Crippen LogP contribution in [0, 0.1) is 0 Å². The first-order valence-corrected chi connectivity index (χ1v) is 7.99. The topological polar surface area (TPSA) is 83.8 Å². The number of aromatic nitrogens is 1. The zero-order valence-electron chi connectivity index (χ0n) is 12.8. The van der Waals surface area contributed by atoms with Crippen molar-refractivity contribution in [3.63, 3.8) is 0 Å². The molecule has 2 amide bonds. The molecule has 3 rings (SSSR count). The first-order chi connectivity index (χ1) is 11.4. The highest BCUT2D eigenvalue weighted by Gasteiger charge is 2.28. The van der Waals surface area contributed by atoms with Gasteiger partial charge >= 0.3 is 6.09 Å². The van der Waals surface area contributed by atoms with Crippen molar-refractivity contribution < 1.29 is 19.4 Å². The van der Waals surface area contributed by atoms with Crippen LogP contribution >= 0.6 is 23.2 Å². The van der Waals surface area contributed by atoms with Crippen LogP contribution in [-0.2, 0) is 11.3 Å². The number of anilines is 1. The summed E-state index contributed by atoms with van der Waals surface area (Å²) in [5.41, 5.74) is 1.30. The van der Waals surface area contributed by atoms with Crippen LogP contribution in [0.4, 0.5) is 10.5 Å². The average molecular weight is 372 g/mol. The molecule has 2 aromatic rings. The number of fused-ring (bicyclic) bond motifs is 3. The number of halogens is 2. The van der Waals surface area contributed by atoms with E-state index in [4.69, 9.17) is 33.0 Å². The predicted molar refractivity (Wildman–Crippen MR) is 91.4 cm³/mol. The van der Waals surface area contributed by atoms with Crippen LogP contribution in [0.15, 0.2) is 12.1 Å². The lowest BCUT2D eigenvalue weighted by atomic mass is 10.2. The summed E-state index contributed by atoms with van der Waals surface area (Å²) in [5.74, 6) is -0.150. The molecule has 1 aliphatic heterocycles. The third-order valence-corrected chi connectivity index (χ3v) is 4.76. The van der Waals surface area contributed by atoms with Crippen molar-refractivity contribution in [2.45, 2.75) is 6.54 Å². The van der Waals surface area contributed by atoms with Crippen molar-refractivity contribution in [1.29, 1.82) is 0 Å². The lowest BCUT2D eigenvalue weighted by Crippen LogP contribution is -2.41. The van der Waals surface area contributed by atoms with E-state index in [2.05, 4.69) is 5.32 Å². The molecule has 2 N–H and O–H groups in total. The highest BCUT2D eigenvalue weighted by atomic mass is 35.5. The van der Waals surface area contributed by atoms with Gasteiger partial charge in [0, 0.05) is 32.1 Å². The molecule has 128 valence electrons. The second-order valence-corrected chi connectivity index (χ2v) is 6.16. The van der Waals surface area contributed by atoms with Gasteiger partial charge in [0.05, 0.1) is 27.9 Å². The molecule has 1 aromatic heterocycles. The van der Waals surface area contributed by atoms with E-state index in [9.17, 15) is 9.59 Å². The van der Waals surface area contributed by atoms with E-state index in [1.54, 1.807) is 22.6 Å². The number of carboxylic acid groups (broad SMARTS) is 1. The van der Waals surface area contributed by atoms with Crippen molar-refractivity contribution in [2.75, 3.05) is 32.1 Å². The molecule has 0 radical (unpaired) electrons. The molecule has 0 aliphatic carbocycles. The fourth-order valence-corrected chi connectivity index (χ4v) is 3.36. The molecule has 0 fully saturated rings. The Balaban J connectivity index is 2.13. The Bertz CT molecular complexity index is 834. The number of benzene rings is 1. The maximum atomic E-state index is 12.7. The fourth-order valence-electron chi connectivity index (χ4n) is 2.90. The summed E-state index contributed by atoms with van der Waals surface area (Å²) in [7, 11) is 1.58. The Labute approximate surface area is 147 Å². The summed E-state index contributed by atoms with van der Waals surface area (Å²) in [6.45, 7) is 2.00. The summed E-state index contributed by atoms with van der Waals surface area (Å²) in [5, 5.41) is 12.4. The molecule has 0 unspecified atom stereocenters. The number of carbonyl (C=O) groups is 2. The third-order valence-electron chi connectivity index (χ3n) is 3.98. The summed E-state index contributed by atoms with van der Waals surface area (Å²) >= 11 is 12.4. The zero-order chi connectivity index (χ0) is 17.4. The van der Waals surface area contributed by atoms with Crippen LogP contribution in [0.3, 0.4) is 0 Å². The minimum Gasteiger partial charge on any atom is -0.465 e. The van der Waals surface area contributed by atoms with Crippen LogP contribution in [0.25, 0.3) is 10.9 Å². The summed E-state index contributed by atoms with van der Waals surface area (Å²) in [4.78, 5) is 25.4. The number of carbonyl (C=O) groups excluding carboxylic acids is 1. The maximum Gasteiger partial charge on any atom is 0.409 e. The minimum atomic E-state index is -1.22. The lowest BCUT2D eigenvalue weighted by molar-refractivity contribution is 0.0643. The molecule has 1 aromatic carbocycles.